The number of carbonyl (C=O) groups is 1. The number of pyridine rings is 1. The molecule has 4 nitrogen and oxygen atoms in total. The standard InChI is InChI=1S/C20H21FN2O2/c21-18-8-6-15(7-9-18)2-1-3-19(24)23-13-17-10-11-22-20(12-17)25-14-16-4-5-16/h1-2,6-12,16H,3-5,13-14H2,(H,23,24). The van der Waals surface area contributed by atoms with Crippen LogP contribution in [0.25, 0.3) is 6.08 Å². The van der Waals surface area contributed by atoms with Crippen molar-refractivity contribution in [3.63, 3.8) is 0 Å². The molecule has 1 N–H and O–H groups in total. The highest BCUT2D eigenvalue weighted by Crippen LogP contribution is 2.29. The normalized spacial score (nSPS) is 13.8. The number of hydrogen-bond acceptors (Lipinski definition) is 3. The maximum atomic E-state index is 12.8. The Hall–Kier alpha value is -2.69. The van der Waals surface area contributed by atoms with Crippen molar-refractivity contribution in [1.29, 1.82) is 0 Å². The lowest BCUT2D eigenvalue weighted by atomic mass is 10.2. The molecule has 3 rings (SSSR count). The Balaban J connectivity index is 1.42. The number of rotatable bonds is 8. The van der Waals surface area contributed by atoms with Crippen molar-refractivity contribution in [2.45, 2.75) is 25.8 Å². The van der Waals surface area contributed by atoms with Gasteiger partial charge in [0.15, 0.2) is 0 Å². The summed E-state index contributed by atoms with van der Waals surface area (Å²) in [7, 11) is 0. The third kappa shape index (κ3) is 6.03. The number of halogens is 1. The number of aromatic nitrogens is 1. The smallest absolute Gasteiger partial charge is 0.224 e. The Morgan fingerprint density at radius 3 is 2.84 bits per heavy atom. The van der Waals surface area contributed by atoms with E-state index in [-0.39, 0.29) is 18.1 Å². The van der Waals surface area contributed by atoms with Crippen molar-refractivity contribution in [1.82, 2.24) is 10.3 Å². The number of benzene rings is 1. The summed E-state index contributed by atoms with van der Waals surface area (Å²) in [6.45, 7) is 1.16. The van der Waals surface area contributed by atoms with Crippen LogP contribution in [0.3, 0.4) is 0 Å². The van der Waals surface area contributed by atoms with Gasteiger partial charge in [-0.05, 0) is 48.1 Å². The number of amides is 1. The predicted octanol–water partition coefficient (Wildman–Crippen LogP) is 3.73. The maximum Gasteiger partial charge on any atom is 0.224 e. The first-order valence-corrected chi connectivity index (χ1v) is 8.45. The minimum atomic E-state index is -0.271. The van der Waals surface area contributed by atoms with Crippen LogP contribution in [0, 0.1) is 11.7 Å². The molecular formula is C20H21FN2O2. The lowest BCUT2D eigenvalue weighted by Crippen LogP contribution is -2.21. The lowest BCUT2D eigenvalue weighted by Gasteiger charge is -2.07. The third-order valence-corrected chi connectivity index (χ3v) is 3.94. The first kappa shape index (κ1) is 17.1. The summed E-state index contributed by atoms with van der Waals surface area (Å²) in [5, 5.41) is 2.87. The Morgan fingerprint density at radius 2 is 2.08 bits per heavy atom. The number of nitrogens with zero attached hydrogens (tertiary/aromatic N) is 1. The van der Waals surface area contributed by atoms with E-state index < -0.39 is 0 Å². The summed E-state index contributed by atoms with van der Waals surface area (Å²) >= 11 is 0. The fourth-order valence-electron chi connectivity index (χ4n) is 2.28. The molecule has 0 saturated heterocycles. The number of carbonyl (C=O) groups excluding carboxylic acids is 1. The number of nitrogens with one attached hydrogen (secondary N) is 1. The van der Waals surface area contributed by atoms with Crippen LogP contribution < -0.4 is 10.1 Å². The highest BCUT2D eigenvalue weighted by atomic mass is 19.1. The summed E-state index contributed by atoms with van der Waals surface area (Å²) in [5.41, 5.74) is 1.82. The number of ether oxygens (including phenoxy) is 1. The van der Waals surface area contributed by atoms with E-state index in [4.69, 9.17) is 4.74 Å². The van der Waals surface area contributed by atoms with Gasteiger partial charge in [0.1, 0.15) is 5.82 Å². The van der Waals surface area contributed by atoms with E-state index in [9.17, 15) is 9.18 Å². The molecule has 5 heteroatoms. The molecular weight excluding hydrogens is 319 g/mol. The van der Waals surface area contributed by atoms with E-state index in [1.807, 2.05) is 12.1 Å². The molecule has 1 aromatic carbocycles. The zero-order valence-electron chi connectivity index (χ0n) is 14.0. The van der Waals surface area contributed by atoms with Crippen molar-refractivity contribution in [3.05, 3.63) is 65.6 Å². The minimum Gasteiger partial charge on any atom is -0.477 e. The molecule has 1 saturated carbocycles. The lowest BCUT2D eigenvalue weighted by molar-refractivity contribution is -0.120. The maximum absolute atomic E-state index is 12.8. The Kier molecular flexibility index (Phi) is 5.77. The van der Waals surface area contributed by atoms with Crippen LogP contribution in [0.15, 0.2) is 48.7 Å². The fraction of sp³-hybridized carbons (Fsp3) is 0.300. The zero-order chi connectivity index (χ0) is 17.5. The second-order valence-corrected chi connectivity index (χ2v) is 6.19. The van der Waals surface area contributed by atoms with Gasteiger partial charge < -0.3 is 10.1 Å². The Morgan fingerprint density at radius 1 is 1.28 bits per heavy atom. The van der Waals surface area contributed by atoms with E-state index in [1.54, 1.807) is 30.5 Å². The molecule has 25 heavy (non-hydrogen) atoms. The second-order valence-electron chi connectivity index (χ2n) is 6.19. The topological polar surface area (TPSA) is 51.2 Å². The summed E-state index contributed by atoms with van der Waals surface area (Å²) in [5.74, 6) is 0.941. The molecule has 1 aliphatic rings. The summed E-state index contributed by atoms with van der Waals surface area (Å²) in [6, 6.07) is 9.85. The summed E-state index contributed by atoms with van der Waals surface area (Å²) in [6.07, 6.45) is 8.00. The van der Waals surface area contributed by atoms with Gasteiger partial charge >= 0.3 is 0 Å². The van der Waals surface area contributed by atoms with E-state index in [1.165, 1.54) is 25.0 Å². The SMILES string of the molecule is O=C(CC=Cc1ccc(F)cc1)NCc1ccnc(OCC2CC2)c1. The van der Waals surface area contributed by atoms with E-state index in [2.05, 4.69) is 10.3 Å². The molecule has 0 radical (unpaired) electrons. The van der Waals surface area contributed by atoms with Crippen molar-refractivity contribution < 1.29 is 13.9 Å². The molecule has 0 spiro atoms. The molecule has 0 bridgehead atoms. The Bertz CT molecular complexity index is 740. The highest BCUT2D eigenvalue weighted by Gasteiger charge is 2.22. The van der Waals surface area contributed by atoms with Crippen molar-refractivity contribution in [2.24, 2.45) is 5.92 Å². The largest absolute Gasteiger partial charge is 0.477 e. The van der Waals surface area contributed by atoms with Crippen LogP contribution in [0.4, 0.5) is 4.39 Å². The van der Waals surface area contributed by atoms with Crippen LogP contribution in [-0.4, -0.2) is 17.5 Å². The molecule has 1 amide bonds. The second kappa shape index (κ2) is 8.42. The van der Waals surface area contributed by atoms with Crippen LogP contribution in [0.1, 0.15) is 30.4 Å². The molecule has 1 aromatic heterocycles. The van der Waals surface area contributed by atoms with Gasteiger partial charge in [-0.2, -0.15) is 0 Å². The van der Waals surface area contributed by atoms with Crippen molar-refractivity contribution in [2.75, 3.05) is 6.61 Å². The van der Waals surface area contributed by atoms with Crippen LogP contribution in [0.5, 0.6) is 5.88 Å². The van der Waals surface area contributed by atoms with Crippen LogP contribution in [0.2, 0.25) is 0 Å². The van der Waals surface area contributed by atoms with Crippen LogP contribution in [-0.2, 0) is 11.3 Å². The zero-order valence-corrected chi connectivity index (χ0v) is 14.0. The molecule has 1 heterocycles. The minimum absolute atomic E-state index is 0.0735. The van der Waals surface area contributed by atoms with E-state index in [0.717, 1.165) is 17.7 Å². The van der Waals surface area contributed by atoms with Gasteiger partial charge in [-0.1, -0.05) is 24.3 Å². The first-order chi connectivity index (χ1) is 12.2. The first-order valence-electron chi connectivity index (χ1n) is 8.45. The van der Waals surface area contributed by atoms with Crippen LogP contribution >= 0.6 is 0 Å². The average Bonchev–Trinajstić information content (AvgIpc) is 3.45. The van der Waals surface area contributed by atoms with Gasteiger partial charge in [-0.3, -0.25) is 4.79 Å². The summed E-state index contributed by atoms with van der Waals surface area (Å²) < 4.78 is 18.5. The molecule has 0 atom stereocenters. The van der Waals surface area contributed by atoms with Crippen molar-refractivity contribution in [3.8, 4) is 5.88 Å². The quantitative estimate of drug-likeness (QED) is 0.797. The monoisotopic (exact) mass is 340 g/mol. The molecule has 2 aromatic rings. The van der Waals surface area contributed by atoms with Gasteiger partial charge in [-0.15, -0.1) is 0 Å². The van der Waals surface area contributed by atoms with Gasteiger partial charge in [0.25, 0.3) is 0 Å². The van der Waals surface area contributed by atoms with Gasteiger partial charge in [0.2, 0.25) is 11.8 Å². The van der Waals surface area contributed by atoms with E-state index in [0.29, 0.717) is 18.3 Å². The molecule has 1 fully saturated rings. The van der Waals surface area contributed by atoms with Crippen molar-refractivity contribution >= 4 is 12.0 Å². The number of hydrogen-bond donors (Lipinski definition) is 1. The Labute approximate surface area is 146 Å². The van der Waals surface area contributed by atoms with Gasteiger partial charge in [0.05, 0.1) is 6.61 Å². The molecule has 0 aliphatic heterocycles. The van der Waals surface area contributed by atoms with Gasteiger partial charge in [0, 0.05) is 25.2 Å². The fourth-order valence-corrected chi connectivity index (χ4v) is 2.28. The third-order valence-electron chi connectivity index (χ3n) is 3.94. The average molecular weight is 340 g/mol. The summed E-state index contributed by atoms with van der Waals surface area (Å²) in [4.78, 5) is 16.1. The predicted molar refractivity (Wildman–Crippen MR) is 94.4 cm³/mol. The molecule has 1 aliphatic carbocycles. The van der Waals surface area contributed by atoms with Gasteiger partial charge in [-0.25, -0.2) is 9.37 Å². The molecule has 130 valence electrons. The highest BCUT2D eigenvalue weighted by molar-refractivity contribution is 5.78. The van der Waals surface area contributed by atoms with E-state index >= 15 is 0 Å². The molecule has 0 unspecified atom stereocenters.